The summed E-state index contributed by atoms with van der Waals surface area (Å²) in [6, 6.07) is 9.25. The van der Waals surface area contributed by atoms with E-state index in [-0.39, 0.29) is 0 Å². The number of benzene rings is 5. The lowest BCUT2D eigenvalue weighted by Crippen LogP contribution is -2.81. The monoisotopic (exact) mass is 873 g/mol. The third kappa shape index (κ3) is 7.13. The van der Waals surface area contributed by atoms with Crippen molar-refractivity contribution < 1.29 is 92.0 Å². The highest BCUT2D eigenvalue weighted by Gasteiger charge is 2.52. The van der Waals surface area contributed by atoms with Crippen LogP contribution in [-0.4, -0.2) is 18.7 Å². The minimum Gasteiger partial charge on any atom is -0.207 e. The van der Waals surface area contributed by atoms with Gasteiger partial charge in [0.2, 0.25) is 0 Å². The van der Waals surface area contributed by atoms with Gasteiger partial charge in [-0.15, -0.1) is 26.1 Å². The van der Waals surface area contributed by atoms with E-state index in [0.717, 1.165) is 5.56 Å². The molecule has 0 aliphatic rings. The van der Waals surface area contributed by atoms with Gasteiger partial charge < -0.3 is 0 Å². The Morgan fingerprint density at radius 3 is 0.759 bits per heavy atom. The first-order valence-corrected chi connectivity index (χ1v) is 17.4. The van der Waals surface area contributed by atoms with E-state index in [1.54, 1.807) is 24.6 Å². The zero-order valence-corrected chi connectivity index (χ0v) is 28.7. The van der Waals surface area contributed by atoms with E-state index in [4.69, 9.17) is 5.26 Å². The van der Waals surface area contributed by atoms with Crippen LogP contribution in [0.25, 0.3) is 0 Å². The van der Waals surface area contributed by atoms with Crippen LogP contribution in [0.15, 0.2) is 24.3 Å². The SMILES string of the molecule is C[S+](C)(=O)Cc1ccc(C#N)cc1.Fc1c(F)c(F)c([B-](c2c(F)c(F)c(F)c(F)c2F)(c2c(F)c(F)c(F)c(F)c2F)c2c(F)c(F)c(F)c(F)c2F)c(F)c1F. The van der Waals surface area contributed by atoms with E-state index in [1.165, 1.54) is 0 Å². The quantitative estimate of drug-likeness (QED) is 0.0579. The third-order valence-electron chi connectivity index (χ3n) is 8.30. The van der Waals surface area contributed by atoms with E-state index in [9.17, 15) is 56.9 Å². The molecule has 0 N–H and O–H groups in total. The molecule has 308 valence electrons. The molecule has 2 nitrogen and oxygen atoms in total. The average Bonchev–Trinajstić information content (AvgIpc) is 3.17. The minimum absolute atomic E-state index is 0.582. The molecule has 24 heteroatoms. The topological polar surface area (TPSA) is 40.9 Å². The molecule has 0 unspecified atom stereocenters. The van der Waals surface area contributed by atoms with Crippen LogP contribution >= 0.6 is 0 Å². The molecular formula is C34H12BF20NOS. The minimum atomic E-state index is -7.22. The molecule has 0 aliphatic heterocycles. The van der Waals surface area contributed by atoms with E-state index < -0.39 is 154 Å². The van der Waals surface area contributed by atoms with Crippen LogP contribution in [0, 0.1) is 128 Å². The lowest BCUT2D eigenvalue weighted by molar-refractivity contribution is 0.378. The summed E-state index contributed by atoms with van der Waals surface area (Å²) >= 11 is 0. The summed E-state index contributed by atoms with van der Waals surface area (Å²) in [7, 11) is -1.73. The van der Waals surface area contributed by atoms with Gasteiger partial charge in [0.1, 0.15) is 70.9 Å². The highest BCUT2D eigenvalue weighted by Crippen LogP contribution is 2.30. The number of nitrogens with zero attached hydrogens (tertiary/aromatic N) is 1. The van der Waals surface area contributed by atoms with Crippen LogP contribution in [0.1, 0.15) is 11.1 Å². The number of hydrogen-bond donors (Lipinski definition) is 0. The van der Waals surface area contributed by atoms with Gasteiger partial charge in [-0.1, -0.05) is 12.1 Å². The maximum atomic E-state index is 15.4. The van der Waals surface area contributed by atoms with Gasteiger partial charge in [-0.25, -0.2) is 87.8 Å². The van der Waals surface area contributed by atoms with Gasteiger partial charge in [0, 0.05) is 5.56 Å². The highest BCUT2D eigenvalue weighted by atomic mass is 32.2. The Morgan fingerprint density at radius 2 is 0.586 bits per heavy atom. The summed E-state index contributed by atoms with van der Waals surface area (Å²) in [4.78, 5) is 0. The molecule has 0 radical (unpaired) electrons. The Labute approximate surface area is 311 Å². The fourth-order valence-electron chi connectivity index (χ4n) is 5.95. The van der Waals surface area contributed by atoms with Crippen LogP contribution in [0.2, 0.25) is 0 Å². The molecule has 0 bridgehead atoms. The van der Waals surface area contributed by atoms with Gasteiger partial charge in [0.05, 0.1) is 21.6 Å². The van der Waals surface area contributed by atoms with Gasteiger partial charge in [-0.3, -0.25) is 0 Å². The van der Waals surface area contributed by atoms with E-state index >= 15 is 35.1 Å². The van der Waals surface area contributed by atoms with E-state index in [2.05, 4.69) is 0 Å². The zero-order valence-electron chi connectivity index (χ0n) is 27.9. The van der Waals surface area contributed by atoms with Crippen LogP contribution < -0.4 is 21.9 Å². The van der Waals surface area contributed by atoms with Crippen LogP contribution in [0.5, 0.6) is 0 Å². The second-order valence-electron chi connectivity index (χ2n) is 12.2. The van der Waals surface area contributed by atoms with Gasteiger partial charge in [0.25, 0.3) is 0 Å². The normalized spacial score (nSPS) is 11.7. The summed E-state index contributed by atoms with van der Waals surface area (Å²) < 4.78 is 305. The second-order valence-corrected chi connectivity index (χ2v) is 15.4. The Hall–Kier alpha value is -5.60. The number of halogens is 20. The first-order chi connectivity index (χ1) is 26.7. The molecule has 0 aliphatic carbocycles. The fourth-order valence-corrected chi connectivity index (χ4v) is 6.95. The fraction of sp³-hybridized carbons (Fsp3) is 0.0882. The predicted octanol–water partition coefficient (Wildman–Crippen LogP) is 7.66. The van der Waals surface area contributed by atoms with E-state index in [0.29, 0.717) is 11.3 Å². The summed E-state index contributed by atoms with van der Waals surface area (Å²) in [6.07, 6.45) is -3.73. The summed E-state index contributed by atoms with van der Waals surface area (Å²) in [5, 5.41) is 8.55. The largest absolute Gasteiger partial charge is 0.207 e. The predicted molar refractivity (Wildman–Crippen MR) is 164 cm³/mol. The summed E-state index contributed by atoms with van der Waals surface area (Å²) in [6.45, 7) is 0. The lowest BCUT2D eigenvalue weighted by Gasteiger charge is -2.44. The van der Waals surface area contributed by atoms with E-state index in [1.807, 2.05) is 18.2 Å². The highest BCUT2D eigenvalue weighted by molar-refractivity contribution is 8.00. The number of hydrogen-bond acceptors (Lipinski definition) is 2. The Balaban J connectivity index is 0.000000486. The van der Waals surface area contributed by atoms with Crippen molar-refractivity contribution in [1.29, 1.82) is 5.26 Å². The van der Waals surface area contributed by atoms with Gasteiger partial charge in [0.15, 0.2) is 69.8 Å². The van der Waals surface area contributed by atoms with Gasteiger partial charge in [-0.05, 0) is 12.1 Å². The Bertz CT molecular complexity index is 2220. The molecule has 0 saturated carbocycles. The summed E-state index contributed by atoms with van der Waals surface area (Å²) in [5.74, 6) is -70.8. The van der Waals surface area contributed by atoms with Crippen LogP contribution in [0.4, 0.5) is 87.8 Å². The van der Waals surface area contributed by atoms with Crippen molar-refractivity contribution in [3.05, 3.63) is 152 Å². The molecule has 0 fully saturated rings. The van der Waals surface area contributed by atoms with Crippen LogP contribution in [-0.2, 0) is 19.9 Å². The summed E-state index contributed by atoms with van der Waals surface area (Å²) in [5.41, 5.74) is -12.7. The maximum Gasteiger partial charge on any atom is 0.200 e. The molecule has 0 amide bonds. The Kier molecular flexibility index (Phi) is 12.4. The van der Waals surface area contributed by atoms with Crippen molar-refractivity contribution in [1.82, 2.24) is 0 Å². The molecule has 0 atom stereocenters. The molecule has 5 aromatic rings. The van der Waals surface area contributed by atoms with Crippen molar-refractivity contribution >= 4 is 37.9 Å². The maximum absolute atomic E-state index is 15.4. The average molecular weight is 873 g/mol. The molecule has 5 rings (SSSR count). The smallest absolute Gasteiger partial charge is 0.200 e. The molecule has 0 spiro atoms. The number of rotatable bonds is 6. The van der Waals surface area contributed by atoms with Crippen molar-refractivity contribution in [2.24, 2.45) is 0 Å². The molecule has 0 heterocycles. The Morgan fingerprint density at radius 1 is 0.397 bits per heavy atom. The second kappa shape index (κ2) is 16.0. The van der Waals surface area contributed by atoms with Crippen molar-refractivity contribution in [3.63, 3.8) is 0 Å². The number of nitriles is 1. The zero-order chi connectivity index (χ0) is 44.3. The van der Waals surface area contributed by atoms with Crippen molar-refractivity contribution in [3.8, 4) is 6.07 Å². The third-order valence-corrected chi connectivity index (χ3v) is 9.33. The lowest BCUT2D eigenvalue weighted by atomic mass is 9.12. The van der Waals surface area contributed by atoms with Crippen LogP contribution in [0.3, 0.4) is 0 Å². The first kappa shape index (κ1) is 45.1. The van der Waals surface area contributed by atoms with Gasteiger partial charge in [-0.2, -0.15) is 5.26 Å². The molecule has 58 heavy (non-hydrogen) atoms. The molecule has 0 aromatic heterocycles. The van der Waals surface area contributed by atoms with Gasteiger partial charge >= 0.3 is 0 Å². The molecule has 5 aromatic carbocycles. The molecular weight excluding hydrogens is 861 g/mol. The van der Waals surface area contributed by atoms with Crippen molar-refractivity contribution in [2.75, 3.05) is 12.5 Å². The first-order valence-electron chi connectivity index (χ1n) is 14.9. The molecule has 0 saturated heterocycles. The standard InChI is InChI=1S/C24BF20.C10H12NOS/c26-5-1(6(27)14(35)21(42)13(5)34)25(2-7(28)15(36)22(43)16(37)8(2)29,3-9(30)17(38)23(44)18(39)10(3)31)4-11(32)19(40)24(45)20(41)12(4)33;1-13(2,12)8-10-5-3-9(7-11)4-6-10/h;3-6H,8H2,1-2H3/q-1;+1. The van der Waals surface area contributed by atoms with Crippen molar-refractivity contribution in [2.45, 2.75) is 5.75 Å².